The van der Waals surface area contributed by atoms with E-state index in [4.69, 9.17) is 5.11 Å². The van der Waals surface area contributed by atoms with Gasteiger partial charge < -0.3 is 10.4 Å². The number of nitrogens with one attached hydrogen (secondary N) is 1. The Hall–Kier alpha value is -0.870. The molecule has 0 spiro atoms. The molecular weight excluding hydrogens is 226 g/mol. The molecule has 0 aromatic carbocycles. The molecule has 0 unspecified atom stereocenters. The van der Waals surface area contributed by atoms with Gasteiger partial charge in [-0.1, -0.05) is 12.8 Å². The van der Waals surface area contributed by atoms with Crippen LogP contribution in [0.15, 0.2) is 12.3 Å². The first-order valence-electron chi connectivity index (χ1n) is 7.01. The Morgan fingerprint density at radius 3 is 2.83 bits per heavy atom. The van der Waals surface area contributed by atoms with Gasteiger partial charge in [-0.3, -0.25) is 4.68 Å². The number of hydrogen-bond acceptors (Lipinski definition) is 3. The summed E-state index contributed by atoms with van der Waals surface area (Å²) in [4.78, 5) is 0. The van der Waals surface area contributed by atoms with E-state index in [0.717, 1.165) is 18.7 Å². The van der Waals surface area contributed by atoms with Crippen molar-refractivity contribution in [2.45, 2.75) is 64.1 Å². The van der Waals surface area contributed by atoms with Gasteiger partial charge in [0.15, 0.2) is 0 Å². The third-order valence-electron chi connectivity index (χ3n) is 3.85. The second kappa shape index (κ2) is 5.85. The highest BCUT2D eigenvalue weighted by Gasteiger charge is 2.19. The number of hydrogen-bond donors (Lipinski definition) is 2. The van der Waals surface area contributed by atoms with Crippen LogP contribution >= 0.6 is 0 Å². The van der Waals surface area contributed by atoms with Gasteiger partial charge in [0, 0.05) is 24.9 Å². The van der Waals surface area contributed by atoms with Crippen LogP contribution in [0.2, 0.25) is 0 Å². The minimum Gasteiger partial charge on any atom is -0.396 e. The van der Waals surface area contributed by atoms with E-state index < -0.39 is 0 Å². The summed E-state index contributed by atoms with van der Waals surface area (Å²) in [6, 6.07) is 2.71. The fourth-order valence-electron chi connectivity index (χ4n) is 2.54. The molecule has 0 aliphatic heterocycles. The van der Waals surface area contributed by atoms with Crippen LogP contribution in [-0.2, 0) is 6.54 Å². The molecule has 0 atom stereocenters. The van der Waals surface area contributed by atoms with Crippen LogP contribution in [0.4, 0.5) is 0 Å². The maximum atomic E-state index is 8.99. The maximum absolute atomic E-state index is 8.99. The maximum Gasteiger partial charge on any atom is 0.0762 e. The highest BCUT2D eigenvalue weighted by Crippen LogP contribution is 2.28. The molecule has 1 fully saturated rings. The van der Waals surface area contributed by atoms with Gasteiger partial charge in [-0.15, -0.1) is 0 Å². The van der Waals surface area contributed by atoms with Crippen molar-refractivity contribution in [3.05, 3.63) is 18.0 Å². The van der Waals surface area contributed by atoms with Crippen molar-refractivity contribution in [2.24, 2.45) is 0 Å². The molecule has 1 aliphatic carbocycles. The van der Waals surface area contributed by atoms with Crippen LogP contribution in [0.25, 0.3) is 0 Å². The predicted octanol–water partition coefficient (Wildman–Crippen LogP) is 2.25. The molecule has 0 saturated heterocycles. The lowest BCUT2D eigenvalue weighted by molar-refractivity contribution is 0.229. The number of aromatic nitrogens is 2. The minimum absolute atomic E-state index is 0.0358. The van der Waals surface area contributed by atoms with E-state index in [2.05, 4.69) is 41.2 Å². The lowest BCUT2D eigenvalue weighted by Crippen LogP contribution is -2.39. The normalized spacial score (nSPS) is 17.5. The van der Waals surface area contributed by atoms with E-state index in [-0.39, 0.29) is 12.1 Å². The van der Waals surface area contributed by atoms with Gasteiger partial charge in [-0.2, -0.15) is 5.10 Å². The summed E-state index contributed by atoms with van der Waals surface area (Å²) < 4.78 is 2.13. The quantitative estimate of drug-likeness (QED) is 0.815. The van der Waals surface area contributed by atoms with E-state index in [1.807, 2.05) is 0 Å². The van der Waals surface area contributed by atoms with Crippen molar-refractivity contribution in [1.29, 1.82) is 0 Å². The zero-order valence-corrected chi connectivity index (χ0v) is 11.5. The minimum atomic E-state index is -0.0358. The molecule has 1 aromatic rings. The summed E-state index contributed by atoms with van der Waals surface area (Å²) in [5, 5.41) is 17.1. The van der Waals surface area contributed by atoms with Crippen LogP contribution in [0.1, 0.15) is 57.7 Å². The average Bonchev–Trinajstić information content (AvgIpc) is 2.97. The van der Waals surface area contributed by atoms with Crippen molar-refractivity contribution >= 4 is 0 Å². The Morgan fingerprint density at radius 2 is 2.17 bits per heavy atom. The number of aliphatic hydroxyl groups is 1. The molecule has 0 amide bonds. The Labute approximate surface area is 109 Å². The van der Waals surface area contributed by atoms with Crippen LogP contribution in [0.5, 0.6) is 0 Å². The molecule has 4 nitrogen and oxygen atoms in total. The lowest BCUT2D eigenvalue weighted by Gasteiger charge is -2.24. The average molecular weight is 251 g/mol. The SMILES string of the molecule is CC(C)(CCO)NCc1ccn(C2CCCC2)n1. The number of nitrogens with zero attached hydrogens (tertiary/aromatic N) is 2. The molecule has 1 heterocycles. The van der Waals surface area contributed by atoms with Gasteiger partial charge in [-0.25, -0.2) is 0 Å². The van der Waals surface area contributed by atoms with Gasteiger partial charge in [0.25, 0.3) is 0 Å². The first kappa shape index (κ1) is 13.6. The molecule has 1 aromatic heterocycles. The van der Waals surface area contributed by atoms with E-state index in [1.54, 1.807) is 0 Å². The Kier molecular flexibility index (Phi) is 4.40. The number of rotatable bonds is 6. The first-order chi connectivity index (χ1) is 8.61. The second-order valence-electron chi connectivity index (χ2n) is 5.94. The molecule has 1 saturated carbocycles. The summed E-state index contributed by atoms with van der Waals surface area (Å²) in [5.74, 6) is 0. The number of aliphatic hydroxyl groups excluding tert-OH is 1. The fourth-order valence-corrected chi connectivity index (χ4v) is 2.54. The van der Waals surface area contributed by atoms with E-state index in [0.29, 0.717) is 6.04 Å². The molecule has 2 N–H and O–H groups in total. The molecule has 18 heavy (non-hydrogen) atoms. The smallest absolute Gasteiger partial charge is 0.0762 e. The molecule has 102 valence electrons. The first-order valence-corrected chi connectivity index (χ1v) is 7.01. The molecule has 0 bridgehead atoms. The third-order valence-corrected chi connectivity index (χ3v) is 3.85. The monoisotopic (exact) mass is 251 g/mol. The van der Waals surface area contributed by atoms with Gasteiger partial charge in [0.2, 0.25) is 0 Å². The van der Waals surface area contributed by atoms with Crippen LogP contribution in [-0.4, -0.2) is 27.0 Å². The van der Waals surface area contributed by atoms with Gasteiger partial charge in [0.05, 0.1) is 11.7 Å². The van der Waals surface area contributed by atoms with E-state index >= 15 is 0 Å². The van der Waals surface area contributed by atoms with Gasteiger partial charge in [-0.05, 0) is 39.2 Å². The van der Waals surface area contributed by atoms with Crippen LogP contribution in [0, 0.1) is 0 Å². The standard InChI is InChI=1S/C14H25N3O/c1-14(2,8-10-18)15-11-12-7-9-17(16-12)13-5-3-4-6-13/h7,9,13,15,18H,3-6,8,10-11H2,1-2H3. The van der Waals surface area contributed by atoms with Gasteiger partial charge in [0.1, 0.15) is 0 Å². The fraction of sp³-hybridized carbons (Fsp3) is 0.786. The predicted molar refractivity (Wildman–Crippen MR) is 72.4 cm³/mol. The Morgan fingerprint density at radius 1 is 1.44 bits per heavy atom. The zero-order valence-electron chi connectivity index (χ0n) is 11.5. The van der Waals surface area contributed by atoms with Gasteiger partial charge >= 0.3 is 0 Å². The Bertz CT molecular complexity index is 367. The molecular formula is C14H25N3O. The van der Waals surface area contributed by atoms with Crippen molar-refractivity contribution in [3.8, 4) is 0 Å². The molecule has 1 aliphatic rings. The third kappa shape index (κ3) is 3.56. The van der Waals surface area contributed by atoms with Crippen LogP contribution in [0.3, 0.4) is 0 Å². The van der Waals surface area contributed by atoms with Crippen LogP contribution < -0.4 is 5.32 Å². The van der Waals surface area contributed by atoms with Crippen molar-refractivity contribution < 1.29 is 5.11 Å². The topological polar surface area (TPSA) is 50.1 Å². The highest BCUT2D eigenvalue weighted by atomic mass is 16.3. The second-order valence-corrected chi connectivity index (χ2v) is 5.94. The summed E-state index contributed by atoms with van der Waals surface area (Å²) in [6.45, 7) is 5.21. The molecule has 4 heteroatoms. The summed E-state index contributed by atoms with van der Waals surface area (Å²) in [6.07, 6.45) is 8.07. The molecule has 2 rings (SSSR count). The lowest BCUT2D eigenvalue weighted by atomic mass is 10.0. The summed E-state index contributed by atoms with van der Waals surface area (Å²) in [7, 11) is 0. The summed E-state index contributed by atoms with van der Waals surface area (Å²) in [5.41, 5.74) is 1.05. The van der Waals surface area contributed by atoms with Crippen molar-refractivity contribution in [2.75, 3.05) is 6.61 Å². The Balaban J connectivity index is 1.86. The van der Waals surface area contributed by atoms with E-state index in [9.17, 15) is 0 Å². The zero-order chi connectivity index (χ0) is 13.0. The molecule has 0 radical (unpaired) electrons. The summed E-state index contributed by atoms with van der Waals surface area (Å²) >= 11 is 0. The van der Waals surface area contributed by atoms with Crippen molar-refractivity contribution in [1.82, 2.24) is 15.1 Å². The highest BCUT2D eigenvalue weighted by molar-refractivity contribution is 5.01. The van der Waals surface area contributed by atoms with E-state index in [1.165, 1.54) is 25.7 Å². The van der Waals surface area contributed by atoms with Crippen molar-refractivity contribution in [3.63, 3.8) is 0 Å². The largest absolute Gasteiger partial charge is 0.396 e.